The van der Waals surface area contributed by atoms with Crippen molar-refractivity contribution in [1.82, 2.24) is 10.2 Å². The molecule has 2 rings (SSSR count). The summed E-state index contributed by atoms with van der Waals surface area (Å²) in [6, 6.07) is 2.78. The Kier molecular flexibility index (Phi) is 5.50. The van der Waals surface area contributed by atoms with Crippen molar-refractivity contribution < 1.29 is 13.6 Å². The summed E-state index contributed by atoms with van der Waals surface area (Å²) in [5, 5.41) is 5.79. The molecule has 0 spiro atoms. The third kappa shape index (κ3) is 4.39. The van der Waals surface area contributed by atoms with Crippen molar-refractivity contribution in [2.75, 3.05) is 31.5 Å². The third-order valence-corrected chi connectivity index (χ3v) is 3.78. The van der Waals surface area contributed by atoms with Gasteiger partial charge in [0.15, 0.2) is 0 Å². The molecule has 0 radical (unpaired) electrons. The van der Waals surface area contributed by atoms with Gasteiger partial charge in [0.2, 0.25) is 0 Å². The molecule has 1 fully saturated rings. The van der Waals surface area contributed by atoms with Crippen molar-refractivity contribution in [3.8, 4) is 0 Å². The van der Waals surface area contributed by atoms with Crippen LogP contribution in [-0.4, -0.2) is 37.1 Å². The molecule has 2 amide bonds. The summed E-state index contributed by atoms with van der Waals surface area (Å²) in [7, 11) is 0. The van der Waals surface area contributed by atoms with E-state index < -0.39 is 11.6 Å². The second-order valence-electron chi connectivity index (χ2n) is 5.29. The number of nitrogens with zero attached hydrogens (tertiary/aromatic N) is 1. The molecule has 1 aliphatic rings. The van der Waals surface area contributed by atoms with Gasteiger partial charge in [0.1, 0.15) is 11.6 Å². The molecule has 0 bridgehead atoms. The van der Waals surface area contributed by atoms with Crippen molar-refractivity contribution in [3.05, 3.63) is 29.8 Å². The van der Waals surface area contributed by atoms with E-state index in [0.717, 1.165) is 38.1 Å². The predicted molar refractivity (Wildman–Crippen MR) is 78.2 cm³/mol. The summed E-state index contributed by atoms with van der Waals surface area (Å²) >= 11 is 0. The van der Waals surface area contributed by atoms with E-state index in [0.29, 0.717) is 19.0 Å². The van der Waals surface area contributed by atoms with Gasteiger partial charge in [-0.3, -0.25) is 0 Å². The Morgan fingerprint density at radius 3 is 2.71 bits per heavy atom. The van der Waals surface area contributed by atoms with Crippen LogP contribution in [0, 0.1) is 17.6 Å². The molecule has 0 aromatic heterocycles. The van der Waals surface area contributed by atoms with E-state index in [1.807, 2.05) is 6.92 Å². The summed E-state index contributed by atoms with van der Waals surface area (Å²) < 4.78 is 26.4. The number of halogens is 2. The smallest absolute Gasteiger partial charge is 0.321 e. The lowest BCUT2D eigenvalue weighted by atomic mass is 9.98. The topological polar surface area (TPSA) is 44.4 Å². The maximum absolute atomic E-state index is 13.6. The number of anilines is 1. The summed E-state index contributed by atoms with van der Waals surface area (Å²) in [6.07, 6.45) is 2.07. The Labute approximate surface area is 123 Å². The minimum atomic E-state index is -0.763. The fourth-order valence-corrected chi connectivity index (χ4v) is 2.52. The second kappa shape index (κ2) is 7.36. The van der Waals surface area contributed by atoms with E-state index in [2.05, 4.69) is 10.6 Å². The zero-order valence-electron chi connectivity index (χ0n) is 12.2. The van der Waals surface area contributed by atoms with Crippen LogP contribution in [-0.2, 0) is 0 Å². The third-order valence-electron chi connectivity index (χ3n) is 3.78. The first kappa shape index (κ1) is 15.7. The van der Waals surface area contributed by atoms with Crippen molar-refractivity contribution in [1.29, 1.82) is 0 Å². The van der Waals surface area contributed by atoms with E-state index in [4.69, 9.17) is 0 Å². The molecule has 0 unspecified atom stereocenters. The molecular formula is C15H21F2N3O. The van der Waals surface area contributed by atoms with Gasteiger partial charge >= 0.3 is 6.03 Å². The highest BCUT2D eigenvalue weighted by molar-refractivity contribution is 5.89. The van der Waals surface area contributed by atoms with E-state index in [9.17, 15) is 13.6 Å². The predicted octanol–water partition coefficient (Wildman–Crippen LogP) is 2.82. The SMILES string of the molecule is CCN(CC1CCNCC1)C(=O)Nc1ccc(F)cc1F. The molecule has 6 heteroatoms. The molecular weight excluding hydrogens is 276 g/mol. The summed E-state index contributed by atoms with van der Waals surface area (Å²) in [4.78, 5) is 13.9. The Balaban J connectivity index is 1.95. The fraction of sp³-hybridized carbons (Fsp3) is 0.533. The Morgan fingerprint density at radius 1 is 1.38 bits per heavy atom. The number of nitrogens with one attached hydrogen (secondary N) is 2. The van der Waals surface area contributed by atoms with Gasteiger partial charge in [0.25, 0.3) is 0 Å². The molecule has 4 nitrogen and oxygen atoms in total. The molecule has 1 aromatic carbocycles. The monoisotopic (exact) mass is 297 g/mol. The van der Waals surface area contributed by atoms with Gasteiger partial charge in [0, 0.05) is 19.2 Å². The lowest BCUT2D eigenvalue weighted by Crippen LogP contribution is -2.41. The number of hydrogen-bond acceptors (Lipinski definition) is 2. The summed E-state index contributed by atoms with van der Waals surface area (Å²) in [5.74, 6) is -0.955. The van der Waals surface area contributed by atoms with E-state index >= 15 is 0 Å². The van der Waals surface area contributed by atoms with E-state index in [-0.39, 0.29) is 11.7 Å². The Morgan fingerprint density at radius 2 is 2.10 bits per heavy atom. The first-order chi connectivity index (χ1) is 10.1. The quantitative estimate of drug-likeness (QED) is 0.897. The molecule has 1 heterocycles. The zero-order chi connectivity index (χ0) is 15.2. The van der Waals surface area contributed by atoms with Crippen LogP contribution in [0.3, 0.4) is 0 Å². The van der Waals surface area contributed by atoms with Gasteiger partial charge in [-0.1, -0.05) is 0 Å². The van der Waals surface area contributed by atoms with Gasteiger partial charge in [-0.25, -0.2) is 13.6 Å². The molecule has 116 valence electrons. The molecule has 21 heavy (non-hydrogen) atoms. The number of rotatable bonds is 4. The highest BCUT2D eigenvalue weighted by atomic mass is 19.1. The van der Waals surface area contributed by atoms with E-state index in [1.165, 1.54) is 6.07 Å². The number of hydrogen-bond donors (Lipinski definition) is 2. The fourth-order valence-electron chi connectivity index (χ4n) is 2.52. The van der Waals surface area contributed by atoms with Crippen molar-refractivity contribution >= 4 is 11.7 Å². The van der Waals surface area contributed by atoms with Gasteiger partial charge in [-0.2, -0.15) is 0 Å². The number of piperidine rings is 1. The number of benzene rings is 1. The van der Waals surface area contributed by atoms with Crippen LogP contribution in [0.25, 0.3) is 0 Å². The first-order valence-corrected chi connectivity index (χ1v) is 7.32. The van der Waals surface area contributed by atoms with Crippen LogP contribution in [0.2, 0.25) is 0 Å². The molecule has 2 N–H and O–H groups in total. The van der Waals surface area contributed by atoms with Gasteiger partial charge < -0.3 is 15.5 Å². The number of carbonyl (C=O) groups excluding carboxylic acids is 1. The Bertz CT molecular complexity index is 490. The lowest BCUT2D eigenvalue weighted by Gasteiger charge is -2.29. The highest BCUT2D eigenvalue weighted by Crippen LogP contribution is 2.17. The van der Waals surface area contributed by atoms with Crippen molar-refractivity contribution in [2.45, 2.75) is 19.8 Å². The molecule has 1 aliphatic heterocycles. The average Bonchev–Trinajstić information content (AvgIpc) is 2.48. The summed E-state index contributed by atoms with van der Waals surface area (Å²) in [5.41, 5.74) is 0.00478. The molecule has 0 atom stereocenters. The number of amides is 2. The normalized spacial score (nSPS) is 15.8. The average molecular weight is 297 g/mol. The highest BCUT2D eigenvalue weighted by Gasteiger charge is 2.20. The maximum Gasteiger partial charge on any atom is 0.321 e. The molecule has 1 aromatic rings. The van der Waals surface area contributed by atoms with E-state index in [1.54, 1.807) is 4.90 Å². The lowest BCUT2D eigenvalue weighted by molar-refractivity contribution is 0.196. The largest absolute Gasteiger partial charge is 0.325 e. The number of carbonyl (C=O) groups is 1. The van der Waals surface area contributed by atoms with Crippen LogP contribution in [0.15, 0.2) is 18.2 Å². The van der Waals surface area contributed by atoms with Crippen molar-refractivity contribution in [3.63, 3.8) is 0 Å². The molecule has 0 saturated carbocycles. The van der Waals surface area contributed by atoms with Gasteiger partial charge in [-0.05, 0) is 50.9 Å². The Hall–Kier alpha value is -1.69. The van der Waals surface area contributed by atoms with Crippen LogP contribution in [0.4, 0.5) is 19.3 Å². The van der Waals surface area contributed by atoms with Crippen LogP contribution in [0.5, 0.6) is 0 Å². The van der Waals surface area contributed by atoms with Crippen LogP contribution in [0.1, 0.15) is 19.8 Å². The van der Waals surface area contributed by atoms with Gasteiger partial charge in [0.05, 0.1) is 5.69 Å². The second-order valence-corrected chi connectivity index (χ2v) is 5.29. The maximum atomic E-state index is 13.6. The summed E-state index contributed by atoms with van der Waals surface area (Å²) in [6.45, 7) is 5.04. The standard InChI is InChI=1S/C15H21F2N3O/c1-2-20(10-11-5-7-18-8-6-11)15(21)19-14-4-3-12(16)9-13(14)17/h3-4,9,11,18H,2,5-8,10H2,1H3,(H,19,21). The molecule has 1 saturated heterocycles. The van der Waals surface area contributed by atoms with Crippen molar-refractivity contribution in [2.24, 2.45) is 5.92 Å². The van der Waals surface area contributed by atoms with Crippen LogP contribution >= 0.6 is 0 Å². The van der Waals surface area contributed by atoms with Crippen LogP contribution < -0.4 is 10.6 Å². The number of urea groups is 1. The minimum Gasteiger partial charge on any atom is -0.325 e. The molecule has 0 aliphatic carbocycles. The van der Waals surface area contributed by atoms with Gasteiger partial charge in [-0.15, -0.1) is 0 Å². The minimum absolute atomic E-state index is 0.00478. The zero-order valence-corrected chi connectivity index (χ0v) is 12.2. The first-order valence-electron chi connectivity index (χ1n) is 7.32.